The Morgan fingerprint density at radius 3 is 2.50 bits per heavy atom. The largest absolute Gasteiger partial charge is 0.465 e. The number of hydrogen-bond donors (Lipinski definition) is 1. The van der Waals surface area contributed by atoms with Crippen molar-refractivity contribution in [3.8, 4) is 0 Å². The predicted octanol–water partition coefficient (Wildman–Crippen LogP) is 6.18. The van der Waals surface area contributed by atoms with Crippen LogP contribution < -0.4 is 5.32 Å². The number of methoxy groups -OCH3 is 1. The molecule has 0 bridgehead atoms. The summed E-state index contributed by atoms with van der Waals surface area (Å²) in [5.74, 6) is -0.653. The molecule has 0 aromatic heterocycles. The van der Waals surface area contributed by atoms with Crippen LogP contribution in [0.4, 0.5) is 5.69 Å². The fraction of sp³-hybridized carbons (Fsp3) is 0.250. The summed E-state index contributed by atoms with van der Waals surface area (Å²) in [6, 6.07) is 11.7. The second kappa shape index (κ2) is 12.4. The first-order chi connectivity index (χ1) is 16.3. The summed E-state index contributed by atoms with van der Waals surface area (Å²) >= 11 is 18.5. The van der Waals surface area contributed by atoms with Gasteiger partial charge in [-0.05, 0) is 54.8 Å². The Kier molecular flexibility index (Phi) is 9.53. The van der Waals surface area contributed by atoms with Gasteiger partial charge in [0.2, 0.25) is 5.91 Å². The van der Waals surface area contributed by atoms with Gasteiger partial charge in [-0.1, -0.05) is 65.7 Å². The molecule has 1 aliphatic heterocycles. The second-order valence-corrected chi connectivity index (χ2v) is 9.92. The van der Waals surface area contributed by atoms with Crippen molar-refractivity contribution in [3.05, 3.63) is 68.5 Å². The number of amides is 2. The number of benzene rings is 2. The van der Waals surface area contributed by atoms with Gasteiger partial charge in [0.25, 0.3) is 5.91 Å². The van der Waals surface area contributed by atoms with E-state index in [1.165, 1.54) is 18.9 Å². The molecule has 34 heavy (non-hydrogen) atoms. The summed E-state index contributed by atoms with van der Waals surface area (Å²) < 4.78 is 5.20. The second-order valence-electron chi connectivity index (χ2n) is 7.43. The fourth-order valence-electron chi connectivity index (χ4n) is 3.21. The maximum Gasteiger partial charge on any atom is 0.337 e. The number of unbranched alkanes of at least 4 members (excludes halogenated alkanes) is 2. The van der Waals surface area contributed by atoms with E-state index in [-0.39, 0.29) is 11.8 Å². The van der Waals surface area contributed by atoms with E-state index in [9.17, 15) is 14.4 Å². The van der Waals surface area contributed by atoms with E-state index >= 15 is 0 Å². The Labute approximate surface area is 217 Å². The molecule has 1 aliphatic rings. The van der Waals surface area contributed by atoms with Gasteiger partial charge in [0.05, 0.1) is 27.6 Å². The van der Waals surface area contributed by atoms with Crippen molar-refractivity contribution >= 4 is 81.0 Å². The highest BCUT2D eigenvalue weighted by Crippen LogP contribution is 2.33. The van der Waals surface area contributed by atoms with Crippen LogP contribution in [0.1, 0.15) is 41.6 Å². The molecule has 0 atom stereocenters. The third-order valence-electron chi connectivity index (χ3n) is 4.99. The SMILES string of the molecule is COC(=O)c1ccc(C=C2SC(=S)N(CCCCCC(=O)Nc3ccc(Cl)c(Cl)c3)C2=O)cc1. The van der Waals surface area contributed by atoms with Crippen LogP contribution in [-0.4, -0.2) is 40.7 Å². The molecule has 2 aromatic rings. The standard InChI is InChI=1S/C24H22Cl2N2O4S2/c1-32-23(31)16-8-6-15(7-9-16)13-20-22(30)28(24(33)34-20)12-4-2-3-5-21(29)27-17-10-11-18(25)19(26)14-17/h6-11,13-14H,2-5,12H2,1H3,(H,27,29). The lowest BCUT2D eigenvalue weighted by molar-refractivity contribution is -0.122. The molecule has 0 radical (unpaired) electrons. The van der Waals surface area contributed by atoms with Gasteiger partial charge in [0, 0.05) is 18.7 Å². The van der Waals surface area contributed by atoms with E-state index in [2.05, 4.69) is 10.1 Å². The van der Waals surface area contributed by atoms with Gasteiger partial charge in [-0.3, -0.25) is 14.5 Å². The van der Waals surface area contributed by atoms with Crippen LogP contribution in [0.5, 0.6) is 0 Å². The molecule has 178 valence electrons. The molecule has 6 nitrogen and oxygen atoms in total. The number of esters is 1. The summed E-state index contributed by atoms with van der Waals surface area (Å²) in [6.07, 6.45) is 4.31. The average Bonchev–Trinajstić information content (AvgIpc) is 3.08. The Balaban J connectivity index is 1.43. The third kappa shape index (κ3) is 7.06. The van der Waals surface area contributed by atoms with Crippen LogP contribution in [0.15, 0.2) is 47.4 Å². The lowest BCUT2D eigenvalue weighted by Gasteiger charge is -2.14. The first kappa shape index (κ1) is 26.2. The first-order valence-corrected chi connectivity index (χ1v) is 12.4. The minimum absolute atomic E-state index is 0.106. The number of carbonyl (C=O) groups is 3. The zero-order chi connectivity index (χ0) is 24.7. The van der Waals surface area contributed by atoms with Gasteiger partial charge in [-0.2, -0.15) is 0 Å². The van der Waals surface area contributed by atoms with Gasteiger partial charge in [-0.25, -0.2) is 4.79 Å². The van der Waals surface area contributed by atoms with E-state index in [0.717, 1.165) is 18.4 Å². The van der Waals surface area contributed by atoms with Gasteiger partial charge in [0.1, 0.15) is 4.32 Å². The molecule has 1 saturated heterocycles. The van der Waals surface area contributed by atoms with Gasteiger partial charge < -0.3 is 10.1 Å². The van der Waals surface area contributed by atoms with Crippen molar-refractivity contribution in [3.63, 3.8) is 0 Å². The van der Waals surface area contributed by atoms with Gasteiger partial charge in [0.15, 0.2) is 0 Å². The Morgan fingerprint density at radius 2 is 1.82 bits per heavy atom. The molecule has 1 fully saturated rings. The first-order valence-electron chi connectivity index (χ1n) is 10.5. The van der Waals surface area contributed by atoms with Crippen molar-refractivity contribution in [1.82, 2.24) is 4.90 Å². The van der Waals surface area contributed by atoms with Crippen molar-refractivity contribution in [2.24, 2.45) is 0 Å². The number of thiocarbonyl (C=S) groups is 1. The lowest BCUT2D eigenvalue weighted by atomic mass is 10.1. The topological polar surface area (TPSA) is 75.7 Å². The van der Waals surface area contributed by atoms with Crippen LogP contribution in [-0.2, 0) is 14.3 Å². The number of halogens is 2. The molecule has 0 saturated carbocycles. The molecular formula is C24H22Cl2N2O4S2. The number of thioether (sulfide) groups is 1. The van der Waals surface area contributed by atoms with E-state index in [1.807, 2.05) is 0 Å². The number of nitrogens with zero attached hydrogens (tertiary/aromatic N) is 1. The van der Waals surface area contributed by atoms with Crippen molar-refractivity contribution in [2.45, 2.75) is 25.7 Å². The average molecular weight is 537 g/mol. The van der Waals surface area contributed by atoms with E-state index in [4.69, 9.17) is 35.4 Å². The number of anilines is 1. The van der Waals surface area contributed by atoms with E-state index in [0.29, 0.717) is 49.9 Å². The van der Waals surface area contributed by atoms with Crippen LogP contribution in [0, 0.1) is 0 Å². The van der Waals surface area contributed by atoms with Gasteiger partial charge in [-0.15, -0.1) is 0 Å². The highest BCUT2D eigenvalue weighted by Gasteiger charge is 2.31. The highest BCUT2D eigenvalue weighted by molar-refractivity contribution is 8.26. The summed E-state index contributed by atoms with van der Waals surface area (Å²) in [6.45, 7) is 0.498. The minimum atomic E-state index is -0.412. The van der Waals surface area contributed by atoms with Crippen LogP contribution in [0.3, 0.4) is 0 Å². The van der Waals surface area contributed by atoms with Crippen LogP contribution in [0.2, 0.25) is 10.0 Å². The Bertz CT molecular complexity index is 1140. The summed E-state index contributed by atoms with van der Waals surface area (Å²) in [7, 11) is 1.33. The number of carbonyl (C=O) groups excluding carboxylic acids is 3. The molecular weight excluding hydrogens is 515 g/mol. The summed E-state index contributed by atoms with van der Waals surface area (Å²) in [5, 5.41) is 3.61. The molecule has 2 aromatic carbocycles. The number of hydrogen-bond acceptors (Lipinski definition) is 6. The number of nitrogens with one attached hydrogen (secondary N) is 1. The van der Waals surface area contributed by atoms with E-state index in [1.54, 1.807) is 53.4 Å². The molecule has 0 unspecified atom stereocenters. The maximum atomic E-state index is 12.8. The Hall–Kier alpha value is -2.39. The molecule has 1 N–H and O–H groups in total. The normalized spacial score (nSPS) is 14.6. The molecule has 1 heterocycles. The monoisotopic (exact) mass is 536 g/mol. The molecule has 0 aliphatic carbocycles. The van der Waals surface area contributed by atoms with Crippen molar-refractivity contribution in [2.75, 3.05) is 19.0 Å². The zero-order valence-corrected chi connectivity index (χ0v) is 21.5. The highest BCUT2D eigenvalue weighted by atomic mass is 35.5. The van der Waals surface area contributed by atoms with E-state index < -0.39 is 5.97 Å². The summed E-state index contributed by atoms with van der Waals surface area (Å²) in [4.78, 5) is 38.5. The number of rotatable bonds is 9. The third-order valence-corrected chi connectivity index (χ3v) is 7.11. The predicted molar refractivity (Wildman–Crippen MR) is 141 cm³/mol. The van der Waals surface area contributed by atoms with Crippen molar-refractivity contribution < 1.29 is 19.1 Å². The van der Waals surface area contributed by atoms with Crippen LogP contribution >= 0.6 is 47.2 Å². The fourth-order valence-corrected chi connectivity index (χ4v) is 4.81. The van der Waals surface area contributed by atoms with Crippen molar-refractivity contribution in [1.29, 1.82) is 0 Å². The lowest BCUT2D eigenvalue weighted by Crippen LogP contribution is -2.29. The summed E-state index contributed by atoms with van der Waals surface area (Å²) in [5.41, 5.74) is 1.84. The zero-order valence-electron chi connectivity index (χ0n) is 18.3. The maximum absolute atomic E-state index is 12.8. The molecule has 0 spiro atoms. The minimum Gasteiger partial charge on any atom is -0.465 e. The molecule has 10 heteroatoms. The molecule has 3 rings (SSSR count). The number of ether oxygens (including phenoxy) is 1. The quantitative estimate of drug-likeness (QED) is 0.178. The molecule has 2 amide bonds. The Morgan fingerprint density at radius 1 is 1.09 bits per heavy atom. The smallest absolute Gasteiger partial charge is 0.337 e. The van der Waals surface area contributed by atoms with Gasteiger partial charge >= 0.3 is 5.97 Å². The van der Waals surface area contributed by atoms with Crippen LogP contribution in [0.25, 0.3) is 6.08 Å².